The molecule has 0 aliphatic heterocycles. The van der Waals surface area contributed by atoms with Gasteiger partial charge in [-0.15, -0.1) is 0 Å². The molecule has 0 aromatic rings. The van der Waals surface area contributed by atoms with Gasteiger partial charge in [0, 0.05) is 7.05 Å². The summed E-state index contributed by atoms with van der Waals surface area (Å²) in [7, 11) is 1.52. The van der Waals surface area contributed by atoms with E-state index < -0.39 is 6.04 Å². The first-order valence-electron chi connectivity index (χ1n) is 2.97. The molecular weight excluding hydrogens is 132 g/mol. The molecule has 0 rings (SSSR count). The standard InChI is InChI=1S/C6H11N2O2/c1-5(4-9)8(2)6(10)3-7/h5H,3,7H2,1-2H3/t5-/m0/s1. The van der Waals surface area contributed by atoms with Gasteiger partial charge < -0.3 is 10.6 Å². The van der Waals surface area contributed by atoms with Gasteiger partial charge in [-0.3, -0.25) is 9.59 Å². The molecule has 4 nitrogen and oxygen atoms in total. The van der Waals surface area contributed by atoms with Gasteiger partial charge in [0.05, 0.1) is 12.6 Å². The molecule has 1 amide bonds. The van der Waals surface area contributed by atoms with Crippen molar-refractivity contribution >= 4 is 12.2 Å². The number of likely N-dealkylation sites (N-methyl/N-ethyl adjacent to an activating group) is 1. The summed E-state index contributed by atoms with van der Waals surface area (Å²) in [5, 5.41) is 0. The molecule has 0 unspecified atom stereocenters. The Bertz CT molecular complexity index is 136. The molecule has 0 bridgehead atoms. The van der Waals surface area contributed by atoms with Crippen LogP contribution in [0.3, 0.4) is 0 Å². The van der Waals surface area contributed by atoms with Crippen LogP contribution in [0.4, 0.5) is 0 Å². The van der Waals surface area contributed by atoms with Gasteiger partial charge in [-0.25, -0.2) is 0 Å². The Morgan fingerprint density at radius 3 is 2.60 bits per heavy atom. The van der Waals surface area contributed by atoms with Gasteiger partial charge in [-0.05, 0) is 6.92 Å². The maximum atomic E-state index is 10.7. The second kappa shape index (κ2) is 4.00. The fourth-order valence-electron chi connectivity index (χ4n) is 0.439. The normalized spacial score (nSPS) is 12.3. The van der Waals surface area contributed by atoms with Gasteiger partial charge in [-0.2, -0.15) is 0 Å². The van der Waals surface area contributed by atoms with E-state index in [-0.39, 0.29) is 12.5 Å². The average molecular weight is 143 g/mol. The fraction of sp³-hybridized carbons (Fsp3) is 0.667. The van der Waals surface area contributed by atoms with E-state index in [1.807, 2.05) is 0 Å². The first kappa shape index (κ1) is 9.10. The van der Waals surface area contributed by atoms with Crippen molar-refractivity contribution in [3.8, 4) is 0 Å². The van der Waals surface area contributed by atoms with Crippen molar-refractivity contribution < 1.29 is 9.59 Å². The fourth-order valence-corrected chi connectivity index (χ4v) is 0.439. The van der Waals surface area contributed by atoms with E-state index in [1.165, 1.54) is 11.9 Å². The van der Waals surface area contributed by atoms with Crippen LogP contribution < -0.4 is 5.73 Å². The summed E-state index contributed by atoms with van der Waals surface area (Å²) in [6.45, 7) is 1.52. The zero-order valence-corrected chi connectivity index (χ0v) is 6.13. The lowest BCUT2D eigenvalue weighted by atomic mass is 10.3. The van der Waals surface area contributed by atoms with Gasteiger partial charge in [0.15, 0.2) is 0 Å². The van der Waals surface area contributed by atoms with E-state index in [4.69, 9.17) is 5.73 Å². The highest BCUT2D eigenvalue weighted by Crippen LogP contribution is 1.90. The Morgan fingerprint density at radius 2 is 2.30 bits per heavy atom. The molecule has 0 fully saturated rings. The third-order valence-corrected chi connectivity index (χ3v) is 1.32. The summed E-state index contributed by atoms with van der Waals surface area (Å²) < 4.78 is 0. The van der Waals surface area contributed by atoms with Gasteiger partial charge in [0.1, 0.15) is 0 Å². The van der Waals surface area contributed by atoms with Crippen molar-refractivity contribution in [2.45, 2.75) is 13.0 Å². The molecule has 0 spiro atoms. The van der Waals surface area contributed by atoms with Gasteiger partial charge in [0.2, 0.25) is 12.2 Å². The van der Waals surface area contributed by atoms with Crippen molar-refractivity contribution in [2.24, 2.45) is 5.73 Å². The molecule has 57 valence electrons. The van der Waals surface area contributed by atoms with Crippen LogP contribution in [0, 0.1) is 0 Å². The smallest absolute Gasteiger partial charge is 0.236 e. The van der Waals surface area contributed by atoms with E-state index in [0.717, 1.165) is 0 Å². The predicted octanol–water partition coefficient (Wildman–Crippen LogP) is -1.10. The minimum Gasteiger partial charge on any atom is -0.334 e. The van der Waals surface area contributed by atoms with Crippen molar-refractivity contribution in [3.05, 3.63) is 0 Å². The number of carbonyl (C=O) groups is 1. The molecule has 0 heterocycles. The second-order valence-electron chi connectivity index (χ2n) is 2.00. The van der Waals surface area contributed by atoms with Crippen molar-refractivity contribution in [3.63, 3.8) is 0 Å². The molecule has 0 aromatic heterocycles. The van der Waals surface area contributed by atoms with Crippen LogP contribution in [0.5, 0.6) is 0 Å². The molecule has 4 heteroatoms. The number of amides is 1. The number of nitrogens with two attached hydrogens (primary N) is 1. The summed E-state index contributed by atoms with van der Waals surface area (Å²) in [6.07, 6.45) is 1.68. The highest BCUT2D eigenvalue weighted by atomic mass is 16.2. The molecule has 0 aromatic carbocycles. The van der Waals surface area contributed by atoms with E-state index in [9.17, 15) is 9.59 Å². The molecule has 0 saturated carbocycles. The molecule has 2 N–H and O–H groups in total. The summed E-state index contributed by atoms with van der Waals surface area (Å²) in [4.78, 5) is 22.0. The monoisotopic (exact) mass is 143 g/mol. The first-order chi connectivity index (χ1) is 4.63. The third kappa shape index (κ3) is 2.14. The highest BCUT2D eigenvalue weighted by molar-refractivity contribution is 5.80. The van der Waals surface area contributed by atoms with Gasteiger partial charge >= 0.3 is 0 Å². The molecule has 10 heavy (non-hydrogen) atoms. The SMILES string of the molecule is C[C@@H]([C]=O)N(C)C(=O)CN. The van der Waals surface area contributed by atoms with Crippen LogP contribution in [0.2, 0.25) is 0 Å². The van der Waals surface area contributed by atoms with E-state index in [0.29, 0.717) is 0 Å². The number of rotatable bonds is 3. The van der Waals surface area contributed by atoms with E-state index in [1.54, 1.807) is 13.2 Å². The molecule has 1 radical (unpaired) electrons. The lowest BCUT2D eigenvalue weighted by molar-refractivity contribution is -0.129. The number of hydrogen-bond acceptors (Lipinski definition) is 3. The topological polar surface area (TPSA) is 63.4 Å². The number of hydrogen-bond donors (Lipinski definition) is 1. The average Bonchev–Trinajstić information content (AvgIpc) is 2.00. The third-order valence-electron chi connectivity index (χ3n) is 1.32. The molecule has 1 atom stereocenters. The molecule has 0 aliphatic carbocycles. The summed E-state index contributed by atoms with van der Waals surface area (Å²) in [5.74, 6) is -0.254. The van der Waals surface area contributed by atoms with Crippen molar-refractivity contribution in [2.75, 3.05) is 13.6 Å². The maximum Gasteiger partial charge on any atom is 0.236 e. The molecular formula is C6H11N2O2. The van der Waals surface area contributed by atoms with Gasteiger partial charge in [-0.1, -0.05) is 0 Å². The van der Waals surface area contributed by atoms with Gasteiger partial charge in [0.25, 0.3) is 0 Å². The van der Waals surface area contributed by atoms with Crippen LogP contribution in [0.15, 0.2) is 0 Å². The Balaban J connectivity index is 3.93. The molecule has 0 aliphatic rings. The molecule has 0 saturated heterocycles. The first-order valence-corrected chi connectivity index (χ1v) is 2.97. The zero-order valence-electron chi connectivity index (χ0n) is 6.13. The van der Waals surface area contributed by atoms with Crippen LogP contribution in [-0.2, 0) is 9.59 Å². The van der Waals surface area contributed by atoms with E-state index >= 15 is 0 Å². The van der Waals surface area contributed by atoms with Crippen LogP contribution in [-0.4, -0.2) is 36.7 Å². The van der Waals surface area contributed by atoms with Crippen LogP contribution >= 0.6 is 0 Å². The second-order valence-corrected chi connectivity index (χ2v) is 2.00. The maximum absolute atomic E-state index is 10.7. The summed E-state index contributed by atoms with van der Waals surface area (Å²) in [5.41, 5.74) is 5.04. The van der Waals surface area contributed by atoms with Crippen LogP contribution in [0.25, 0.3) is 0 Å². The quantitative estimate of drug-likeness (QED) is 0.545. The highest BCUT2D eigenvalue weighted by Gasteiger charge is 2.12. The number of carbonyl (C=O) groups excluding carboxylic acids is 2. The Labute approximate surface area is 60.0 Å². The van der Waals surface area contributed by atoms with E-state index in [2.05, 4.69) is 0 Å². The van der Waals surface area contributed by atoms with Crippen molar-refractivity contribution in [1.29, 1.82) is 0 Å². The van der Waals surface area contributed by atoms with Crippen molar-refractivity contribution in [1.82, 2.24) is 4.90 Å². The largest absolute Gasteiger partial charge is 0.334 e. The lowest BCUT2D eigenvalue weighted by Gasteiger charge is -2.18. The minimum atomic E-state index is -0.504. The minimum absolute atomic E-state index is 0.0669. The Kier molecular flexibility index (Phi) is 3.64. The lowest BCUT2D eigenvalue weighted by Crippen LogP contribution is -2.39. The Morgan fingerprint density at radius 1 is 1.80 bits per heavy atom. The predicted molar refractivity (Wildman–Crippen MR) is 37.0 cm³/mol. The summed E-state index contributed by atoms with van der Waals surface area (Å²) >= 11 is 0. The zero-order chi connectivity index (χ0) is 8.15. The van der Waals surface area contributed by atoms with Crippen LogP contribution in [0.1, 0.15) is 6.92 Å². The summed E-state index contributed by atoms with van der Waals surface area (Å²) in [6, 6.07) is -0.504. The number of nitrogens with zero attached hydrogens (tertiary/aromatic N) is 1. The Hall–Kier alpha value is -0.900.